The second-order valence-electron chi connectivity index (χ2n) is 7.30. The lowest BCUT2D eigenvalue weighted by atomic mass is 9.92. The number of hydrogen-bond acceptors (Lipinski definition) is 5. The van der Waals surface area contributed by atoms with Crippen LogP contribution in [0.5, 0.6) is 5.75 Å². The molecule has 0 radical (unpaired) electrons. The molecule has 0 spiro atoms. The Morgan fingerprint density at radius 1 is 1.00 bits per heavy atom. The molecule has 3 aromatic rings. The molecule has 2 aromatic carbocycles. The highest BCUT2D eigenvalue weighted by Crippen LogP contribution is 2.35. The zero-order valence-electron chi connectivity index (χ0n) is 15.6. The molecule has 0 saturated carbocycles. The van der Waals surface area contributed by atoms with Gasteiger partial charge in [-0.25, -0.2) is 9.97 Å². The quantitative estimate of drug-likeness (QED) is 0.757. The number of nitrogens with one attached hydrogen (secondary N) is 1. The monoisotopic (exact) mass is 374 g/mol. The van der Waals surface area contributed by atoms with Crippen molar-refractivity contribution >= 4 is 28.6 Å². The average molecular weight is 374 g/mol. The van der Waals surface area contributed by atoms with Gasteiger partial charge in [0.05, 0.1) is 23.6 Å². The van der Waals surface area contributed by atoms with E-state index in [4.69, 9.17) is 14.7 Å². The molecule has 1 aromatic heterocycles. The fourth-order valence-corrected chi connectivity index (χ4v) is 4.04. The molecule has 1 fully saturated rings. The third-order valence-electron chi connectivity index (χ3n) is 5.47. The second kappa shape index (κ2) is 7.11. The van der Waals surface area contributed by atoms with Crippen LogP contribution in [0.15, 0.2) is 48.5 Å². The van der Waals surface area contributed by atoms with Crippen LogP contribution in [0.25, 0.3) is 11.0 Å². The minimum absolute atomic E-state index is 0.0548. The topological polar surface area (TPSA) is 67.4 Å². The highest BCUT2D eigenvalue weighted by Gasteiger charge is 2.29. The third-order valence-corrected chi connectivity index (χ3v) is 5.47. The summed E-state index contributed by atoms with van der Waals surface area (Å²) in [6.07, 6.45) is 2.92. The molecule has 1 atom stereocenters. The summed E-state index contributed by atoms with van der Waals surface area (Å²) in [6.45, 7) is 2.42. The van der Waals surface area contributed by atoms with Crippen molar-refractivity contribution in [3.63, 3.8) is 0 Å². The molecular formula is C22H22N4O2. The summed E-state index contributed by atoms with van der Waals surface area (Å²) in [6, 6.07) is 15.5. The molecule has 1 unspecified atom stereocenters. The number of anilines is 2. The predicted molar refractivity (Wildman–Crippen MR) is 109 cm³/mol. The first kappa shape index (κ1) is 17.0. The standard InChI is InChI=1S/C22H22N4O2/c27-22(16-11-14-28-19-10-4-1-7-15(16)19)25-20-21(26-12-5-6-13-26)24-18-9-3-2-8-17(18)23-20/h1-4,7-10,16H,5-6,11-14H2,(H,23,25,27). The summed E-state index contributed by atoms with van der Waals surface area (Å²) in [5.41, 5.74) is 2.56. The van der Waals surface area contributed by atoms with Crippen molar-refractivity contribution in [2.24, 2.45) is 0 Å². The molecule has 1 N–H and O–H groups in total. The first-order valence-electron chi connectivity index (χ1n) is 9.84. The Labute approximate surface area is 163 Å². The second-order valence-corrected chi connectivity index (χ2v) is 7.30. The highest BCUT2D eigenvalue weighted by atomic mass is 16.5. The van der Waals surface area contributed by atoms with E-state index in [1.807, 2.05) is 48.5 Å². The van der Waals surface area contributed by atoms with Crippen LogP contribution < -0.4 is 15.0 Å². The van der Waals surface area contributed by atoms with E-state index in [0.29, 0.717) is 18.8 Å². The van der Waals surface area contributed by atoms with E-state index in [-0.39, 0.29) is 11.8 Å². The smallest absolute Gasteiger partial charge is 0.233 e. The van der Waals surface area contributed by atoms with Gasteiger partial charge in [0.15, 0.2) is 11.6 Å². The number of rotatable bonds is 3. The summed E-state index contributed by atoms with van der Waals surface area (Å²) < 4.78 is 5.70. The van der Waals surface area contributed by atoms with E-state index >= 15 is 0 Å². The first-order chi connectivity index (χ1) is 13.8. The number of carbonyl (C=O) groups excluding carboxylic acids is 1. The van der Waals surface area contributed by atoms with Gasteiger partial charge in [0, 0.05) is 18.7 Å². The molecule has 28 heavy (non-hydrogen) atoms. The summed E-state index contributed by atoms with van der Waals surface area (Å²) >= 11 is 0. The van der Waals surface area contributed by atoms with Crippen LogP contribution in [0.1, 0.15) is 30.7 Å². The Hall–Kier alpha value is -3.15. The Kier molecular flexibility index (Phi) is 4.31. The molecule has 1 amide bonds. The minimum Gasteiger partial charge on any atom is -0.493 e. The summed E-state index contributed by atoms with van der Waals surface area (Å²) in [5, 5.41) is 3.08. The van der Waals surface area contributed by atoms with Gasteiger partial charge in [-0.15, -0.1) is 0 Å². The van der Waals surface area contributed by atoms with Gasteiger partial charge in [-0.05, 0) is 37.5 Å². The maximum absolute atomic E-state index is 13.2. The van der Waals surface area contributed by atoms with Gasteiger partial charge in [-0.2, -0.15) is 0 Å². The lowest BCUT2D eigenvalue weighted by Gasteiger charge is -2.26. The Balaban J connectivity index is 1.50. The van der Waals surface area contributed by atoms with E-state index in [9.17, 15) is 4.79 Å². The summed E-state index contributed by atoms with van der Waals surface area (Å²) in [7, 11) is 0. The van der Waals surface area contributed by atoms with E-state index in [1.165, 1.54) is 0 Å². The molecule has 0 aliphatic carbocycles. The number of benzene rings is 2. The van der Waals surface area contributed by atoms with E-state index in [1.54, 1.807) is 0 Å². The lowest BCUT2D eigenvalue weighted by Crippen LogP contribution is -2.28. The molecule has 5 rings (SSSR count). The van der Waals surface area contributed by atoms with Gasteiger partial charge >= 0.3 is 0 Å². The largest absolute Gasteiger partial charge is 0.493 e. The van der Waals surface area contributed by atoms with Crippen molar-refractivity contribution < 1.29 is 9.53 Å². The van der Waals surface area contributed by atoms with Crippen molar-refractivity contribution in [2.75, 3.05) is 29.9 Å². The van der Waals surface area contributed by atoms with Crippen LogP contribution in [0.3, 0.4) is 0 Å². The van der Waals surface area contributed by atoms with Crippen LogP contribution in [0.2, 0.25) is 0 Å². The minimum atomic E-state index is -0.246. The third kappa shape index (κ3) is 3.05. The normalized spacial score (nSPS) is 18.6. The zero-order chi connectivity index (χ0) is 18.9. The van der Waals surface area contributed by atoms with Crippen LogP contribution in [0.4, 0.5) is 11.6 Å². The fourth-order valence-electron chi connectivity index (χ4n) is 4.04. The van der Waals surface area contributed by atoms with Crippen LogP contribution in [-0.2, 0) is 4.79 Å². The molecule has 3 heterocycles. The first-order valence-corrected chi connectivity index (χ1v) is 9.84. The van der Waals surface area contributed by atoms with E-state index in [2.05, 4.69) is 10.2 Å². The average Bonchev–Trinajstić information content (AvgIpc) is 3.27. The van der Waals surface area contributed by atoms with Crippen molar-refractivity contribution in [3.05, 3.63) is 54.1 Å². The molecule has 2 aliphatic heterocycles. The molecule has 6 heteroatoms. The van der Waals surface area contributed by atoms with Crippen molar-refractivity contribution in [3.8, 4) is 5.75 Å². The summed E-state index contributed by atoms with van der Waals surface area (Å²) in [4.78, 5) is 25.0. The van der Waals surface area contributed by atoms with Crippen LogP contribution in [0, 0.1) is 0 Å². The number of amides is 1. The van der Waals surface area contributed by atoms with Crippen molar-refractivity contribution in [1.29, 1.82) is 0 Å². The van der Waals surface area contributed by atoms with Gasteiger partial charge in [-0.1, -0.05) is 30.3 Å². The summed E-state index contributed by atoms with van der Waals surface area (Å²) in [5.74, 6) is 1.81. The van der Waals surface area contributed by atoms with E-state index < -0.39 is 0 Å². The van der Waals surface area contributed by atoms with E-state index in [0.717, 1.165) is 54.1 Å². The van der Waals surface area contributed by atoms with Crippen molar-refractivity contribution in [1.82, 2.24) is 9.97 Å². The molecular weight excluding hydrogens is 352 g/mol. The fraction of sp³-hybridized carbons (Fsp3) is 0.318. The van der Waals surface area contributed by atoms with Gasteiger partial charge in [0.2, 0.25) is 5.91 Å². The molecule has 1 saturated heterocycles. The number of fused-ring (bicyclic) bond motifs is 2. The molecule has 142 valence electrons. The van der Waals surface area contributed by atoms with Gasteiger partial charge in [0.25, 0.3) is 0 Å². The number of ether oxygens (including phenoxy) is 1. The number of aromatic nitrogens is 2. The van der Waals surface area contributed by atoms with Crippen LogP contribution >= 0.6 is 0 Å². The predicted octanol–water partition coefficient (Wildman–Crippen LogP) is 3.73. The molecule has 6 nitrogen and oxygen atoms in total. The Morgan fingerprint density at radius 3 is 2.54 bits per heavy atom. The maximum atomic E-state index is 13.2. The SMILES string of the molecule is O=C(Nc1nc2ccccc2nc1N1CCCC1)C1CCOc2ccccc21. The maximum Gasteiger partial charge on any atom is 0.233 e. The number of para-hydroxylation sites is 3. The van der Waals surface area contributed by atoms with Crippen molar-refractivity contribution in [2.45, 2.75) is 25.2 Å². The molecule has 0 bridgehead atoms. The Bertz CT molecular complexity index is 1030. The molecule has 2 aliphatic rings. The van der Waals surface area contributed by atoms with Gasteiger partial charge in [0.1, 0.15) is 5.75 Å². The van der Waals surface area contributed by atoms with Gasteiger partial charge < -0.3 is 15.0 Å². The number of nitrogens with zero attached hydrogens (tertiary/aromatic N) is 3. The highest BCUT2D eigenvalue weighted by molar-refractivity contribution is 5.98. The Morgan fingerprint density at radius 2 is 1.71 bits per heavy atom. The number of carbonyl (C=O) groups is 1. The van der Waals surface area contributed by atoms with Crippen LogP contribution in [-0.4, -0.2) is 35.6 Å². The van der Waals surface area contributed by atoms with Gasteiger partial charge in [-0.3, -0.25) is 4.79 Å². The number of hydrogen-bond donors (Lipinski definition) is 1. The lowest BCUT2D eigenvalue weighted by molar-refractivity contribution is -0.118. The zero-order valence-corrected chi connectivity index (χ0v) is 15.6.